The smallest absolute Gasteiger partial charge is 0.255 e. The molecule has 166 valence electrons. The number of nitrogens with two attached hydrogens (primary N) is 2. The zero-order chi connectivity index (χ0) is 22.6. The van der Waals surface area contributed by atoms with Crippen molar-refractivity contribution in [1.82, 2.24) is 9.47 Å². The number of nitrogens with zero attached hydrogens (tertiary/aromatic N) is 2. The van der Waals surface area contributed by atoms with Gasteiger partial charge in [0.15, 0.2) is 5.82 Å². The summed E-state index contributed by atoms with van der Waals surface area (Å²) in [7, 11) is 0. The van der Waals surface area contributed by atoms with E-state index >= 15 is 4.39 Å². The molecule has 1 saturated heterocycles. The molecule has 31 heavy (non-hydrogen) atoms. The van der Waals surface area contributed by atoms with Gasteiger partial charge in [-0.05, 0) is 19.8 Å². The predicted octanol–water partition coefficient (Wildman–Crippen LogP) is 2.56. The quantitative estimate of drug-likeness (QED) is 0.596. The van der Waals surface area contributed by atoms with E-state index in [1.165, 1.54) is 18.7 Å². The molecule has 0 radical (unpaired) electrons. The van der Waals surface area contributed by atoms with Gasteiger partial charge in [-0.15, -0.1) is 11.8 Å². The molecule has 1 fully saturated rings. The van der Waals surface area contributed by atoms with Gasteiger partial charge in [-0.25, -0.2) is 4.39 Å². The first-order chi connectivity index (χ1) is 14.6. The van der Waals surface area contributed by atoms with E-state index in [-0.39, 0.29) is 45.3 Å². The highest BCUT2D eigenvalue weighted by Crippen LogP contribution is 2.44. The van der Waals surface area contributed by atoms with Gasteiger partial charge >= 0.3 is 0 Å². The molecular formula is C20H23ClFN5O3S. The minimum absolute atomic E-state index is 0.00398. The van der Waals surface area contributed by atoms with Crippen molar-refractivity contribution in [2.75, 3.05) is 29.9 Å². The molecule has 3 heterocycles. The Hall–Kier alpha value is -2.46. The van der Waals surface area contributed by atoms with Crippen LogP contribution < -0.4 is 22.2 Å². The molecule has 4 rings (SSSR count). The maximum Gasteiger partial charge on any atom is 0.255 e. The molecule has 2 aromatic rings. The van der Waals surface area contributed by atoms with Crippen molar-refractivity contribution in [3.05, 3.63) is 26.6 Å². The first-order valence-corrected chi connectivity index (χ1v) is 11.3. The third kappa shape index (κ3) is 3.41. The van der Waals surface area contributed by atoms with Crippen LogP contribution in [0.15, 0.2) is 9.82 Å². The monoisotopic (exact) mass is 467 g/mol. The highest BCUT2D eigenvalue weighted by atomic mass is 35.5. The van der Waals surface area contributed by atoms with Crippen LogP contribution in [0.2, 0.25) is 5.02 Å². The van der Waals surface area contributed by atoms with E-state index in [0.29, 0.717) is 42.2 Å². The standard InChI is InChI=1S/C20H23ClFN5O3S/c1-8-7-31-20-12(19(24)30)18(29)11-15(23)14(22)16(13(21)17(11)27(8)20)25-10-3-5-26(6-4-10)9(2)28/h8,10,25H,3-7,23H2,1-2H3,(H2,24,30)/t8-/m1/s1. The number of anilines is 2. The molecule has 0 saturated carbocycles. The van der Waals surface area contributed by atoms with Gasteiger partial charge in [0.1, 0.15) is 5.56 Å². The fourth-order valence-electron chi connectivity index (χ4n) is 4.32. The Morgan fingerprint density at radius 2 is 1.94 bits per heavy atom. The van der Waals surface area contributed by atoms with Crippen molar-refractivity contribution in [1.29, 1.82) is 0 Å². The zero-order valence-electron chi connectivity index (χ0n) is 17.1. The van der Waals surface area contributed by atoms with Crippen LogP contribution in [-0.4, -0.2) is 46.2 Å². The molecule has 0 spiro atoms. The van der Waals surface area contributed by atoms with Crippen LogP contribution in [0.3, 0.4) is 0 Å². The van der Waals surface area contributed by atoms with E-state index in [2.05, 4.69) is 5.32 Å². The largest absolute Gasteiger partial charge is 0.396 e. The van der Waals surface area contributed by atoms with Crippen molar-refractivity contribution in [3.63, 3.8) is 0 Å². The van der Waals surface area contributed by atoms with Crippen LogP contribution in [0.1, 0.15) is 43.1 Å². The second kappa shape index (κ2) is 7.90. The average Bonchev–Trinajstić information content (AvgIpc) is 3.09. The van der Waals surface area contributed by atoms with Gasteiger partial charge in [-0.1, -0.05) is 11.6 Å². The number of pyridine rings is 1. The average molecular weight is 468 g/mol. The molecule has 2 amide bonds. The Bertz CT molecular complexity index is 1180. The van der Waals surface area contributed by atoms with Crippen molar-refractivity contribution in [2.24, 2.45) is 5.73 Å². The molecule has 1 aromatic carbocycles. The molecule has 0 bridgehead atoms. The number of rotatable bonds is 3. The minimum Gasteiger partial charge on any atom is -0.396 e. The first-order valence-electron chi connectivity index (χ1n) is 9.96. The third-order valence-electron chi connectivity index (χ3n) is 5.95. The summed E-state index contributed by atoms with van der Waals surface area (Å²) in [6.07, 6.45) is 1.25. The summed E-state index contributed by atoms with van der Waals surface area (Å²) < 4.78 is 17.1. The molecular weight excluding hydrogens is 445 g/mol. The van der Waals surface area contributed by atoms with Crippen LogP contribution in [0.25, 0.3) is 10.9 Å². The molecule has 1 atom stereocenters. The van der Waals surface area contributed by atoms with E-state index in [9.17, 15) is 14.4 Å². The number of hydrogen-bond donors (Lipinski definition) is 3. The van der Waals surface area contributed by atoms with Gasteiger partial charge < -0.3 is 26.3 Å². The summed E-state index contributed by atoms with van der Waals surface area (Å²) in [6, 6.07) is -0.212. The number of nitrogens with one attached hydrogen (secondary N) is 1. The van der Waals surface area contributed by atoms with Crippen LogP contribution in [0, 0.1) is 5.82 Å². The van der Waals surface area contributed by atoms with Crippen LogP contribution in [0.5, 0.6) is 0 Å². The van der Waals surface area contributed by atoms with E-state index in [4.69, 9.17) is 23.1 Å². The second-order valence-corrected chi connectivity index (χ2v) is 9.36. The number of fused-ring (bicyclic) bond motifs is 3. The number of benzene rings is 1. The van der Waals surface area contributed by atoms with Crippen molar-refractivity contribution >= 4 is 57.5 Å². The maximum atomic E-state index is 15.3. The van der Waals surface area contributed by atoms with Crippen LogP contribution in [0.4, 0.5) is 15.8 Å². The molecule has 1 aromatic heterocycles. The minimum atomic E-state index is -0.882. The molecule has 5 N–H and O–H groups in total. The fourth-order valence-corrected chi connectivity index (χ4v) is 5.94. The number of likely N-dealkylation sites (tertiary alicyclic amines) is 1. The van der Waals surface area contributed by atoms with Crippen molar-refractivity contribution in [2.45, 2.75) is 43.8 Å². The number of nitrogen functional groups attached to an aromatic ring is 1. The van der Waals surface area contributed by atoms with Gasteiger partial charge in [0.2, 0.25) is 11.3 Å². The Morgan fingerprint density at radius 1 is 1.29 bits per heavy atom. The lowest BCUT2D eigenvalue weighted by Gasteiger charge is -2.32. The second-order valence-electron chi connectivity index (χ2n) is 7.97. The normalized spacial score (nSPS) is 19.0. The molecule has 11 heteroatoms. The summed E-state index contributed by atoms with van der Waals surface area (Å²) in [5.41, 5.74) is 10.6. The number of halogens is 2. The summed E-state index contributed by atoms with van der Waals surface area (Å²) in [6.45, 7) is 4.55. The Morgan fingerprint density at radius 3 is 2.52 bits per heavy atom. The number of carbonyl (C=O) groups is 2. The molecule has 2 aliphatic rings. The van der Waals surface area contributed by atoms with Crippen molar-refractivity contribution in [3.8, 4) is 0 Å². The SMILES string of the molecule is CC(=O)N1CCC(Nc2c(F)c(N)c3c(=O)c(C(N)=O)c4n(c3c2Cl)[C@H](C)CS4)CC1. The van der Waals surface area contributed by atoms with E-state index < -0.39 is 17.2 Å². The van der Waals surface area contributed by atoms with E-state index in [1.807, 2.05) is 6.92 Å². The summed E-state index contributed by atoms with van der Waals surface area (Å²) in [5, 5.41) is 3.46. The summed E-state index contributed by atoms with van der Waals surface area (Å²) >= 11 is 8.00. The fraction of sp³-hybridized carbons (Fsp3) is 0.450. The highest BCUT2D eigenvalue weighted by Gasteiger charge is 2.33. The zero-order valence-corrected chi connectivity index (χ0v) is 18.7. The Kier molecular flexibility index (Phi) is 5.55. The molecule has 8 nitrogen and oxygen atoms in total. The Balaban J connectivity index is 1.88. The summed E-state index contributed by atoms with van der Waals surface area (Å²) in [4.78, 5) is 38.4. The van der Waals surface area contributed by atoms with Gasteiger partial charge in [0, 0.05) is 37.8 Å². The Labute approximate surface area is 187 Å². The molecule has 0 unspecified atom stereocenters. The number of thioether (sulfide) groups is 1. The van der Waals surface area contributed by atoms with Crippen molar-refractivity contribution < 1.29 is 14.0 Å². The number of amides is 2. The molecule has 2 aliphatic heterocycles. The van der Waals surface area contributed by atoms with Gasteiger partial charge in [0.05, 0.1) is 32.3 Å². The topological polar surface area (TPSA) is 123 Å². The van der Waals surface area contributed by atoms with E-state index in [1.54, 1.807) is 9.47 Å². The first kappa shape index (κ1) is 21.8. The van der Waals surface area contributed by atoms with E-state index in [0.717, 1.165) is 0 Å². The number of carbonyl (C=O) groups excluding carboxylic acids is 2. The van der Waals surface area contributed by atoms with Gasteiger partial charge in [-0.3, -0.25) is 14.4 Å². The number of primary amides is 1. The lowest BCUT2D eigenvalue weighted by molar-refractivity contribution is -0.129. The number of piperidine rings is 1. The highest BCUT2D eigenvalue weighted by molar-refractivity contribution is 7.99. The number of aromatic nitrogens is 1. The van der Waals surface area contributed by atoms with Crippen LogP contribution >= 0.6 is 23.4 Å². The lowest BCUT2D eigenvalue weighted by atomic mass is 10.0. The van der Waals surface area contributed by atoms with Gasteiger partial charge in [0.25, 0.3) is 5.91 Å². The van der Waals surface area contributed by atoms with Crippen LogP contribution in [-0.2, 0) is 4.79 Å². The third-order valence-corrected chi connectivity index (χ3v) is 7.65. The summed E-state index contributed by atoms with van der Waals surface area (Å²) in [5.74, 6) is -1.10. The lowest BCUT2D eigenvalue weighted by Crippen LogP contribution is -2.41. The van der Waals surface area contributed by atoms with Gasteiger partial charge in [-0.2, -0.15) is 0 Å². The maximum absolute atomic E-state index is 15.3. The predicted molar refractivity (Wildman–Crippen MR) is 120 cm³/mol. The molecule has 0 aliphatic carbocycles. The number of hydrogen-bond acceptors (Lipinski definition) is 6.